The van der Waals surface area contributed by atoms with Gasteiger partial charge in [0.15, 0.2) is 0 Å². The van der Waals surface area contributed by atoms with E-state index < -0.39 is 0 Å². The standard InChI is InChI=1S/C15H19NO/c16-10-11-17-15-7-3-6-14(12-15)9-8-13-4-1-2-5-13/h3,6-7,12-13H,1-2,4-5,10-11,16H2. The lowest BCUT2D eigenvalue weighted by atomic mass is 10.1. The third-order valence-electron chi connectivity index (χ3n) is 3.00. The van der Waals surface area contributed by atoms with Crippen molar-refractivity contribution in [2.45, 2.75) is 25.7 Å². The van der Waals surface area contributed by atoms with Gasteiger partial charge in [-0.25, -0.2) is 0 Å². The van der Waals surface area contributed by atoms with Crippen molar-refractivity contribution >= 4 is 0 Å². The minimum Gasteiger partial charge on any atom is -0.492 e. The summed E-state index contributed by atoms with van der Waals surface area (Å²) in [5, 5.41) is 0. The molecule has 0 bridgehead atoms. The highest BCUT2D eigenvalue weighted by molar-refractivity contribution is 5.40. The fourth-order valence-electron chi connectivity index (χ4n) is 2.10. The van der Waals surface area contributed by atoms with Crippen molar-refractivity contribution in [3.05, 3.63) is 29.8 Å². The largest absolute Gasteiger partial charge is 0.492 e. The molecule has 0 spiro atoms. The molecule has 90 valence electrons. The summed E-state index contributed by atoms with van der Waals surface area (Å²) in [6.45, 7) is 1.09. The van der Waals surface area contributed by atoms with Crippen LogP contribution in [0.2, 0.25) is 0 Å². The molecule has 1 saturated carbocycles. The maximum Gasteiger partial charge on any atom is 0.120 e. The molecular weight excluding hydrogens is 210 g/mol. The molecule has 0 heterocycles. The van der Waals surface area contributed by atoms with Crippen LogP contribution in [0.5, 0.6) is 5.75 Å². The second-order valence-electron chi connectivity index (χ2n) is 4.42. The molecule has 0 unspecified atom stereocenters. The molecule has 0 atom stereocenters. The molecule has 1 fully saturated rings. The monoisotopic (exact) mass is 229 g/mol. The Labute approximate surface area is 103 Å². The highest BCUT2D eigenvalue weighted by Gasteiger charge is 2.11. The van der Waals surface area contributed by atoms with E-state index in [1.165, 1.54) is 25.7 Å². The molecule has 0 amide bonds. The van der Waals surface area contributed by atoms with Crippen molar-refractivity contribution in [3.63, 3.8) is 0 Å². The molecule has 1 aliphatic carbocycles. The quantitative estimate of drug-likeness (QED) is 0.808. The van der Waals surface area contributed by atoms with Crippen LogP contribution in [0.4, 0.5) is 0 Å². The highest BCUT2D eigenvalue weighted by Crippen LogP contribution is 2.23. The number of hydrogen-bond acceptors (Lipinski definition) is 2. The number of nitrogens with two attached hydrogens (primary N) is 1. The number of rotatable bonds is 3. The topological polar surface area (TPSA) is 35.2 Å². The van der Waals surface area contributed by atoms with Crippen molar-refractivity contribution in [1.29, 1.82) is 0 Å². The first kappa shape index (κ1) is 12.0. The second kappa shape index (κ2) is 6.32. The number of hydrogen-bond donors (Lipinski definition) is 1. The maximum absolute atomic E-state index is 5.47. The van der Waals surface area contributed by atoms with Gasteiger partial charge in [-0.1, -0.05) is 30.7 Å². The Morgan fingerprint density at radius 3 is 2.88 bits per heavy atom. The van der Waals surface area contributed by atoms with E-state index in [1.807, 2.05) is 24.3 Å². The summed E-state index contributed by atoms with van der Waals surface area (Å²) in [7, 11) is 0. The maximum atomic E-state index is 5.47. The summed E-state index contributed by atoms with van der Waals surface area (Å²) in [4.78, 5) is 0. The number of benzene rings is 1. The fraction of sp³-hybridized carbons (Fsp3) is 0.467. The van der Waals surface area contributed by atoms with E-state index in [1.54, 1.807) is 0 Å². The fourth-order valence-corrected chi connectivity index (χ4v) is 2.10. The van der Waals surface area contributed by atoms with Crippen LogP contribution in [-0.4, -0.2) is 13.2 Å². The molecule has 2 rings (SSSR count). The lowest BCUT2D eigenvalue weighted by Crippen LogP contribution is -2.10. The van der Waals surface area contributed by atoms with Crippen LogP contribution in [0.1, 0.15) is 31.2 Å². The van der Waals surface area contributed by atoms with E-state index in [2.05, 4.69) is 11.8 Å². The first-order valence-electron chi connectivity index (χ1n) is 6.33. The molecule has 17 heavy (non-hydrogen) atoms. The first-order valence-corrected chi connectivity index (χ1v) is 6.33. The third-order valence-corrected chi connectivity index (χ3v) is 3.00. The smallest absolute Gasteiger partial charge is 0.120 e. The van der Waals surface area contributed by atoms with Crippen molar-refractivity contribution in [3.8, 4) is 17.6 Å². The molecule has 1 aliphatic rings. The van der Waals surface area contributed by atoms with Crippen LogP contribution in [0.25, 0.3) is 0 Å². The third kappa shape index (κ3) is 3.80. The van der Waals surface area contributed by atoms with E-state index in [-0.39, 0.29) is 0 Å². The zero-order valence-electron chi connectivity index (χ0n) is 10.1. The lowest BCUT2D eigenvalue weighted by Gasteiger charge is -2.04. The summed E-state index contributed by atoms with van der Waals surface area (Å²) >= 11 is 0. The minimum atomic E-state index is 0.540. The van der Waals surface area contributed by atoms with Crippen molar-refractivity contribution < 1.29 is 4.74 Å². The Hall–Kier alpha value is -1.46. The molecule has 1 aromatic carbocycles. The van der Waals surface area contributed by atoms with E-state index in [9.17, 15) is 0 Å². The van der Waals surface area contributed by atoms with Gasteiger partial charge in [0.2, 0.25) is 0 Å². The van der Waals surface area contributed by atoms with Gasteiger partial charge in [-0.3, -0.25) is 0 Å². The molecule has 0 aliphatic heterocycles. The van der Waals surface area contributed by atoms with Gasteiger partial charge in [0.1, 0.15) is 12.4 Å². The van der Waals surface area contributed by atoms with E-state index in [0.29, 0.717) is 19.1 Å². The highest BCUT2D eigenvalue weighted by atomic mass is 16.5. The zero-order chi connectivity index (χ0) is 11.9. The van der Waals surface area contributed by atoms with Crippen LogP contribution in [0.15, 0.2) is 24.3 Å². The Kier molecular flexibility index (Phi) is 4.46. The van der Waals surface area contributed by atoms with Gasteiger partial charge in [0.25, 0.3) is 0 Å². The molecule has 2 heteroatoms. The predicted octanol–water partition coefficient (Wildman–Crippen LogP) is 2.57. The summed E-state index contributed by atoms with van der Waals surface area (Å²) in [6.07, 6.45) is 5.19. The molecule has 0 radical (unpaired) electrons. The Bertz CT molecular complexity index is 410. The van der Waals surface area contributed by atoms with Crippen LogP contribution in [0.3, 0.4) is 0 Å². The van der Waals surface area contributed by atoms with Crippen LogP contribution < -0.4 is 10.5 Å². The zero-order valence-corrected chi connectivity index (χ0v) is 10.1. The average Bonchev–Trinajstić information content (AvgIpc) is 2.87. The van der Waals surface area contributed by atoms with Crippen LogP contribution >= 0.6 is 0 Å². The van der Waals surface area contributed by atoms with Gasteiger partial charge in [-0.15, -0.1) is 0 Å². The van der Waals surface area contributed by atoms with Crippen molar-refractivity contribution in [2.24, 2.45) is 11.7 Å². The Balaban J connectivity index is 1.99. The number of ether oxygens (including phenoxy) is 1. The van der Waals surface area contributed by atoms with Gasteiger partial charge in [-0.2, -0.15) is 0 Å². The molecule has 2 N–H and O–H groups in total. The molecule has 0 aromatic heterocycles. The predicted molar refractivity (Wildman–Crippen MR) is 69.8 cm³/mol. The van der Waals surface area contributed by atoms with Gasteiger partial charge >= 0.3 is 0 Å². The molecule has 2 nitrogen and oxygen atoms in total. The average molecular weight is 229 g/mol. The summed E-state index contributed by atoms with van der Waals surface area (Å²) in [5.74, 6) is 8.05. The van der Waals surface area contributed by atoms with Gasteiger partial charge in [-0.05, 0) is 31.0 Å². The van der Waals surface area contributed by atoms with Gasteiger partial charge in [0.05, 0.1) is 0 Å². The van der Waals surface area contributed by atoms with Crippen molar-refractivity contribution in [1.82, 2.24) is 0 Å². The van der Waals surface area contributed by atoms with E-state index >= 15 is 0 Å². The van der Waals surface area contributed by atoms with Crippen LogP contribution in [0, 0.1) is 17.8 Å². The van der Waals surface area contributed by atoms with Crippen molar-refractivity contribution in [2.75, 3.05) is 13.2 Å². The summed E-state index contributed by atoms with van der Waals surface area (Å²) in [5.41, 5.74) is 6.44. The second-order valence-corrected chi connectivity index (χ2v) is 4.42. The summed E-state index contributed by atoms with van der Waals surface area (Å²) in [6, 6.07) is 7.93. The normalized spacial score (nSPS) is 15.4. The molecule has 1 aromatic rings. The lowest BCUT2D eigenvalue weighted by molar-refractivity contribution is 0.328. The Morgan fingerprint density at radius 2 is 2.12 bits per heavy atom. The SMILES string of the molecule is NCCOc1cccc(C#CC2CCCC2)c1. The van der Waals surface area contributed by atoms with Crippen LogP contribution in [-0.2, 0) is 0 Å². The molecule has 0 saturated heterocycles. The van der Waals surface area contributed by atoms with E-state index in [4.69, 9.17) is 10.5 Å². The Morgan fingerprint density at radius 1 is 1.29 bits per heavy atom. The van der Waals surface area contributed by atoms with Gasteiger partial charge < -0.3 is 10.5 Å². The summed E-state index contributed by atoms with van der Waals surface area (Å²) < 4.78 is 5.47. The molecular formula is C15H19NO. The first-order chi connectivity index (χ1) is 8.38. The van der Waals surface area contributed by atoms with Gasteiger partial charge in [0, 0.05) is 18.0 Å². The minimum absolute atomic E-state index is 0.540. The van der Waals surface area contributed by atoms with E-state index in [0.717, 1.165) is 11.3 Å².